The van der Waals surface area contributed by atoms with Crippen LogP contribution in [0.3, 0.4) is 0 Å². The molecule has 0 saturated carbocycles. The Morgan fingerprint density at radius 2 is 1.93 bits per heavy atom. The number of alkyl halides is 3. The van der Waals surface area contributed by atoms with Crippen molar-refractivity contribution < 1.29 is 41.7 Å². The van der Waals surface area contributed by atoms with Crippen LogP contribution in [-0.2, 0) is 23.8 Å². The highest BCUT2D eigenvalue weighted by Crippen LogP contribution is 2.41. The van der Waals surface area contributed by atoms with Crippen LogP contribution in [0.4, 0.5) is 13.2 Å². The van der Waals surface area contributed by atoms with Gasteiger partial charge in [-0.3, -0.25) is 14.2 Å². The molecular weight excluding hydrogens is 389 g/mol. The number of hydrogen-bond donors (Lipinski definition) is 0. The quantitative estimate of drug-likeness (QED) is 0.684. The highest BCUT2D eigenvalue weighted by atomic mass is 19.4. The second-order valence-corrected chi connectivity index (χ2v) is 7.32. The van der Waals surface area contributed by atoms with Gasteiger partial charge in [0.05, 0.1) is 5.41 Å². The van der Waals surface area contributed by atoms with Crippen LogP contribution >= 0.6 is 0 Å². The monoisotopic (exact) mass is 406 g/mol. The third-order valence-corrected chi connectivity index (χ3v) is 4.07. The second kappa shape index (κ2) is 6.76. The number of rotatable bonds is 3. The number of ether oxygens (including phenoxy) is 4. The molecule has 154 valence electrons. The average Bonchev–Trinajstić information content (AvgIpc) is 3.06. The first kappa shape index (κ1) is 20.1. The van der Waals surface area contributed by atoms with Crippen molar-refractivity contribution in [1.29, 1.82) is 0 Å². The van der Waals surface area contributed by atoms with Crippen LogP contribution in [0, 0.1) is 5.41 Å². The van der Waals surface area contributed by atoms with Crippen molar-refractivity contribution >= 4 is 11.9 Å². The van der Waals surface area contributed by atoms with E-state index in [1.165, 1.54) is 10.8 Å². The molecule has 28 heavy (non-hydrogen) atoms. The Bertz CT molecular complexity index is 846. The molecule has 0 bridgehead atoms. The van der Waals surface area contributed by atoms with Gasteiger partial charge in [0.25, 0.3) is 5.56 Å². The van der Waals surface area contributed by atoms with Gasteiger partial charge < -0.3 is 18.9 Å². The SMILES string of the molecule is CC(C)(C)C(=O)OC[C@H]1O[C@@H]2[C@@H](Oc3nc(=O)ccn32)[C@@H]1OC(=O)C(F)(F)F. The van der Waals surface area contributed by atoms with E-state index in [0.717, 1.165) is 6.07 Å². The molecule has 0 aliphatic carbocycles. The Morgan fingerprint density at radius 1 is 1.25 bits per heavy atom. The van der Waals surface area contributed by atoms with Gasteiger partial charge in [0.2, 0.25) is 0 Å². The molecule has 2 aliphatic heterocycles. The molecule has 12 heteroatoms. The number of hydrogen-bond acceptors (Lipinski definition) is 8. The van der Waals surface area contributed by atoms with Crippen LogP contribution in [0.2, 0.25) is 0 Å². The van der Waals surface area contributed by atoms with Crippen molar-refractivity contribution in [1.82, 2.24) is 9.55 Å². The molecule has 4 atom stereocenters. The minimum Gasteiger partial charge on any atom is -0.462 e. The number of aromatic nitrogens is 2. The molecular formula is C16H17F3N2O7. The maximum atomic E-state index is 12.7. The molecule has 1 saturated heterocycles. The third-order valence-electron chi connectivity index (χ3n) is 4.07. The minimum absolute atomic E-state index is 0.180. The number of halogens is 3. The Kier molecular flexibility index (Phi) is 4.86. The summed E-state index contributed by atoms with van der Waals surface area (Å²) in [6, 6.07) is 0.933. The molecule has 0 radical (unpaired) electrons. The lowest BCUT2D eigenvalue weighted by Gasteiger charge is -2.24. The average molecular weight is 406 g/mol. The lowest BCUT2D eigenvalue weighted by Crippen LogP contribution is -2.43. The third kappa shape index (κ3) is 3.81. The highest BCUT2D eigenvalue weighted by Gasteiger charge is 2.56. The van der Waals surface area contributed by atoms with E-state index < -0.39 is 60.2 Å². The highest BCUT2D eigenvalue weighted by molar-refractivity contribution is 5.76. The van der Waals surface area contributed by atoms with Crippen molar-refractivity contribution in [2.45, 2.75) is 51.5 Å². The van der Waals surface area contributed by atoms with E-state index in [0.29, 0.717) is 0 Å². The van der Waals surface area contributed by atoms with Crippen molar-refractivity contribution in [3.63, 3.8) is 0 Å². The van der Waals surface area contributed by atoms with Gasteiger partial charge in [0.1, 0.15) is 12.7 Å². The van der Waals surface area contributed by atoms with E-state index >= 15 is 0 Å². The summed E-state index contributed by atoms with van der Waals surface area (Å²) in [7, 11) is 0. The Balaban J connectivity index is 1.82. The molecule has 3 rings (SSSR count). The van der Waals surface area contributed by atoms with Crippen LogP contribution in [0.5, 0.6) is 6.01 Å². The summed E-state index contributed by atoms with van der Waals surface area (Å²) in [5, 5.41) is 0. The van der Waals surface area contributed by atoms with Crippen LogP contribution in [0.25, 0.3) is 0 Å². The molecule has 3 heterocycles. The summed E-state index contributed by atoms with van der Waals surface area (Å²) in [4.78, 5) is 38.2. The van der Waals surface area contributed by atoms with Crippen molar-refractivity contribution in [2.24, 2.45) is 5.41 Å². The Hall–Kier alpha value is -2.63. The minimum atomic E-state index is -5.23. The fourth-order valence-electron chi connectivity index (χ4n) is 2.70. The summed E-state index contributed by atoms with van der Waals surface area (Å²) in [5.41, 5.74) is -1.47. The van der Waals surface area contributed by atoms with E-state index in [4.69, 9.17) is 14.2 Å². The summed E-state index contributed by atoms with van der Waals surface area (Å²) in [6.45, 7) is 4.34. The number of fused-ring (bicyclic) bond motifs is 3. The predicted octanol–water partition coefficient (Wildman–Crippen LogP) is 0.965. The topological polar surface area (TPSA) is 106 Å². The van der Waals surface area contributed by atoms with Crippen molar-refractivity contribution in [3.05, 3.63) is 22.6 Å². The first-order chi connectivity index (χ1) is 12.9. The van der Waals surface area contributed by atoms with Gasteiger partial charge >= 0.3 is 24.1 Å². The first-order valence-electron chi connectivity index (χ1n) is 8.24. The molecule has 0 amide bonds. The molecule has 9 nitrogen and oxygen atoms in total. The van der Waals surface area contributed by atoms with Gasteiger partial charge in [-0.2, -0.15) is 18.2 Å². The lowest BCUT2D eigenvalue weighted by molar-refractivity contribution is -0.210. The van der Waals surface area contributed by atoms with E-state index in [1.807, 2.05) is 0 Å². The second-order valence-electron chi connectivity index (χ2n) is 7.32. The van der Waals surface area contributed by atoms with Crippen molar-refractivity contribution in [2.75, 3.05) is 6.61 Å². The summed E-state index contributed by atoms with van der Waals surface area (Å²) in [6.07, 6.45) is -8.89. The number of carbonyl (C=O) groups is 2. The van der Waals surface area contributed by atoms with Gasteiger partial charge in [0, 0.05) is 12.3 Å². The normalized spacial score (nSPS) is 26.2. The maximum absolute atomic E-state index is 12.7. The summed E-state index contributed by atoms with van der Waals surface area (Å²) in [5.74, 6) is -3.04. The maximum Gasteiger partial charge on any atom is 0.490 e. The standard InChI is InChI=1S/C16H17F3N2O7/c1-15(2,3)12(23)25-6-7-9(27-13(24)16(17,18)19)10-11(26-7)21-5-4-8(22)20-14(21)28-10/h4-5,7,9-11H,6H2,1-3H3/t7-,9-,10+,11-/m1/s1. The summed E-state index contributed by atoms with van der Waals surface area (Å²) < 4.78 is 59.9. The van der Waals surface area contributed by atoms with Crippen LogP contribution in [0.15, 0.2) is 17.1 Å². The first-order valence-corrected chi connectivity index (χ1v) is 8.24. The van der Waals surface area contributed by atoms with Gasteiger partial charge in [-0.15, -0.1) is 0 Å². The van der Waals surface area contributed by atoms with Crippen molar-refractivity contribution in [3.8, 4) is 6.01 Å². The largest absolute Gasteiger partial charge is 0.490 e. The number of esters is 2. The Morgan fingerprint density at radius 3 is 2.54 bits per heavy atom. The van der Waals surface area contributed by atoms with E-state index in [9.17, 15) is 27.6 Å². The van der Waals surface area contributed by atoms with Crippen LogP contribution in [-0.4, -0.2) is 52.6 Å². The molecule has 1 aromatic rings. The zero-order valence-corrected chi connectivity index (χ0v) is 15.1. The van der Waals surface area contributed by atoms with E-state index in [1.54, 1.807) is 20.8 Å². The van der Waals surface area contributed by atoms with Crippen LogP contribution < -0.4 is 10.3 Å². The predicted molar refractivity (Wildman–Crippen MR) is 83.2 cm³/mol. The number of carbonyl (C=O) groups excluding carboxylic acids is 2. The van der Waals surface area contributed by atoms with Gasteiger partial charge in [-0.05, 0) is 20.8 Å². The summed E-state index contributed by atoms with van der Waals surface area (Å²) >= 11 is 0. The smallest absolute Gasteiger partial charge is 0.462 e. The van der Waals surface area contributed by atoms with Crippen LogP contribution in [0.1, 0.15) is 27.0 Å². The molecule has 0 spiro atoms. The Labute approximate surface area is 156 Å². The van der Waals surface area contributed by atoms with E-state index in [2.05, 4.69) is 9.72 Å². The molecule has 2 aliphatic rings. The fraction of sp³-hybridized carbons (Fsp3) is 0.625. The molecule has 1 aromatic heterocycles. The fourth-order valence-corrected chi connectivity index (χ4v) is 2.70. The zero-order chi connectivity index (χ0) is 20.9. The van der Waals surface area contributed by atoms with E-state index in [-0.39, 0.29) is 6.01 Å². The van der Waals surface area contributed by atoms with Gasteiger partial charge in [0.15, 0.2) is 18.4 Å². The molecule has 0 aromatic carbocycles. The molecule has 0 N–H and O–H groups in total. The molecule has 0 unspecified atom stereocenters. The van der Waals surface area contributed by atoms with Gasteiger partial charge in [-0.25, -0.2) is 4.79 Å². The zero-order valence-electron chi connectivity index (χ0n) is 15.1. The lowest BCUT2D eigenvalue weighted by atomic mass is 9.97. The number of nitrogens with zero attached hydrogens (tertiary/aromatic N) is 2. The van der Waals surface area contributed by atoms with Gasteiger partial charge in [-0.1, -0.05) is 0 Å². The molecule has 1 fully saturated rings.